The minimum absolute atomic E-state index is 0.191. The molecule has 1 aromatic heterocycles. The minimum Gasteiger partial charge on any atom is -0.481 e. The zero-order chi connectivity index (χ0) is 15.4. The summed E-state index contributed by atoms with van der Waals surface area (Å²) in [6.07, 6.45) is 1.30. The van der Waals surface area contributed by atoms with E-state index < -0.39 is 17.9 Å². The normalized spacial score (nSPS) is 11.9. The van der Waals surface area contributed by atoms with Crippen molar-refractivity contribution in [1.29, 1.82) is 0 Å². The molecule has 0 aliphatic heterocycles. The Morgan fingerprint density at radius 2 is 2.00 bits per heavy atom. The van der Waals surface area contributed by atoms with Crippen LogP contribution in [0.4, 0.5) is 0 Å². The van der Waals surface area contributed by atoms with E-state index in [-0.39, 0.29) is 6.42 Å². The average Bonchev–Trinajstić information content (AvgIpc) is 2.85. The molecule has 2 aromatic rings. The van der Waals surface area contributed by atoms with E-state index in [2.05, 4.69) is 10.3 Å². The van der Waals surface area contributed by atoms with Crippen LogP contribution in [0, 0.1) is 6.92 Å². The number of hydrogen-bond donors (Lipinski definition) is 3. The molecule has 0 saturated heterocycles. The molecule has 0 saturated carbocycles. The fourth-order valence-electron chi connectivity index (χ4n) is 1.96. The number of carbonyl (C=O) groups is 2. The van der Waals surface area contributed by atoms with Gasteiger partial charge in [-0.05, 0) is 18.6 Å². The number of aryl methyl sites for hydroxylation is 1. The van der Waals surface area contributed by atoms with Crippen LogP contribution in [0.1, 0.15) is 34.1 Å². The van der Waals surface area contributed by atoms with Crippen molar-refractivity contribution < 1.29 is 14.7 Å². The van der Waals surface area contributed by atoms with Gasteiger partial charge in [-0.1, -0.05) is 41.4 Å². The van der Waals surface area contributed by atoms with Crippen LogP contribution in [0.15, 0.2) is 36.5 Å². The van der Waals surface area contributed by atoms with Crippen molar-refractivity contribution >= 4 is 23.5 Å². The van der Waals surface area contributed by atoms with E-state index in [1.165, 1.54) is 12.3 Å². The first-order chi connectivity index (χ1) is 9.95. The molecule has 110 valence electrons. The molecule has 2 rings (SSSR count). The van der Waals surface area contributed by atoms with Gasteiger partial charge in [-0.25, -0.2) is 0 Å². The first kappa shape index (κ1) is 15.1. The Morgan fingerprint density at radius 3 is 2.52 bits per heavy atom. The first-order valence-corrected chi connectivity index (χ1v) is 6.76. The molecule has 0 radical (unpaired) electrons. The second kappa shape index (κ2) is 6.45. The number of halogens is 1. The molecule has 0 bridgehead atoms. The molecule has 21 heavy (non-hydrogen) atoms. The smallest absolute Gasteiger partial charge is 0.305 e. The van der Waals surface area contributed by atoms with Gasteiger partial charge >= 0.3 is 5.97 Å². The molecular weight excluding hydrogens is 292 g/mol. The van der Waals surface area contributed by atoms with Gasteiger partial charge in [0, 0.05) is 6.20 Å². The zero-order valence-corrected chi connectivity index (χ0v) is 12.1. The Morgan fingerprint density at radius 1 is 1.33 bits per heavy atom. The predicted octanol–water partition coefficient (Wildman–Crippen LogP) is 2.92. The fraction of sp³-hybridized carbons (Fsp3) is 0.200. The van der Waals surface area contributed by atoms with E-state index in [9.17, 15) is 9.59 Å². The van der Waals surface area contributed by atoms with Crippen LogP contribution in [0.3, 0.4) is 0 Å². The van der Waals surface area contributed by atoms with E-state index in [0.29, 0.717) is 10.7 Å². The maximum Gasteiger partial charge on any atom is 0.305 e. The fourth-order valence-corrected chi connectivity index (χ4v) is 2.12. The summed E-state index contributed by atoms with van der Waals surface area (Å²) in [5.41, 5.74) is 2.10. The highest BCUT2D eigenvalue weighted by molar-refractivity contribution is 6.30. The molecule has 0 aliphatic carbocycles. The van der Waals surface area contributed by atoms with E-state index in [0.717, 1.165) is 11.1 Å². The number of amides is 1. The number of carbonyl (C=O) groups excluding carboxylic acids is 1. The van der Waals surface area contributed by atoms with Crippen molar-refractivity contribution in [2.45, 2.75) is 19.4 Å². The van der Waals surface area contributed by atoms with Gasteiger partial charge < -0.3 is 15.4 Å². The third kappa shape index (κ3) is 4.10. The minimum atomic E-state index is -0.981. The van der Waals surface area contributed by atoms with Gasteiger partial charge in [0.05, 0.1) is 17.5 Å². The van der Waals surface area contributed by atoms with Gasteiger partial charge in [-0.15, -0.1) is 0 Å². The molecule has 3 N–H and O–H groups in total. The van der Waals surface area contributed by atoms with Crippen molar-refractivity contribution in [1.82, 2.24) is 10.3 Å². The molecule has 6 heteroatoms. The molecule has 1 heterocycles. The number of nitrogens with one attached hydrogen (secondary N) is 2. The third-order valence-corrected chi connectivity index (χ3v) is 3.27. The van der Waals surface area contributed by atoms with Crippen molar-refractivity contribution in [2.75, 3.05) is 0 Å². The number of carboxylic acid groups (broad SMARTS) is 1. The topological polar surface area (TPSA) is 82.2 Å². The van der Waals surface area contributed by atoms with Crippen LogP contribution in [-0.2, 0) is 4.79 Å². The highest BCUT2D eigenvalue weighted by atomic mass is 35.5. The van der Waals surface area contributed by atoms with Crippen LogP contribution in [0.25, 0.3) is 0 Å². The van der Waals surface area contributed by atoms with E-state index in [1.807, 2.05) is 31.2 Å². The molecule has 1 aromatic carbocycles. The lowest BCUT2D eigenvalue weighted by Crippen LogP contribution is -2.30. The van der Waals surface area contributed by atoms with Crippen molar-refractivity contribution in [3.05, 3.63) is 58.4 Å². The molecule has 0 aliphatic rings. The lowest BCUT2D eigenvalue weighted by molar-refractivity contribution is -0.137. The quantitative estimate of drug-likeness (QED) is 0.794. The van der Waals surface area contributed by atoms with Gasteiger partial charge in [0.25, 0.3) is 5.91 Å². The summed E-state index contributed by atoms with van der Waals surface area (Å²) < 4.78 is 0. The highest BCUT2D eigenvalue weighted by Crippen LogP contribution is 2.19. The summed E-state index contributed by atoms with van der Waals surface area (Å²) in [4.78, 5) is 25.8. The molecule has 0 spiro atoms. The number of hydrogen-bond acceptors (Lipinski definition) is 2. The molecule has 1 atom stereocenters. The number of carboxylic acids is 1. The Bertz CT molecular complexity index is 649. The lowest BCUT2D eigenvalue weighted by atomic mass is 10.0. The number of aliphatic carboxylic acids is 1. The summed E-state index contributed by atoms with van der Waals surface area (Å²) in [6.45, 7) is 1.94. The number of aromatic amines is 1. The second-order valence-electron chi connectivity index (χ2n) is 4.77. The highest BCUT2D eigenvalue weighted by Gasteiger charge is 2.19. The monoisotopic (exact) mass is 306 g/mol. The predicted molar refractivity (Wildman–Crippen MR) is 79.4 cm³/mol. The summed E-state index contributed by atoms with van der Waals surface area (Å²) in [5, 5.41) is 12.1. The first-order valence-electron chi connectivity index (χ1n) is 6.39. The van der Waals surface area contributed by atoms with Crippen LogP contribution < -0.4 is 5.32 Å². The third-order valence-electron chi connectivity index (χ3n) is 3.06. The van der Waals surface area contributed by atoms with Crippen LogP contribution in [0.5, 0.6) is 0 Å². The second-order valence-corrected chi connectivity index (χ2v) is 5.20. The Hall–Kier alpha value is -2.27. The average molecular weight is 307 g/mol. The Kier molecular flexibility index (Phi) is 4.65. The van der Waals surface area contributed by atoms with Crippen LogP contribution >= 0.6 is 11.6 Å². The SMILES string of the molecule is Cc1ccc([C@H](CC(=O)O)NC(=O)c2cc(Cl)c[nH]2)cc1. The standard InChI is InChI=1S/C15H15ClN2O3/c1-9-2-4-10(5-3-9)12(7-14(19)20)18-15(21)13-6-11(16)8-17-13/h2-6,8,12,17H,7H2,1H3,(H,18,21)(H,19,20)/t12-/m0/s1. The summed E-state index contributed by atoms with van der Waals surface area (Å²) in [7, 11) is 0. The number of rotatable bonds is 5. The number of aromatic nitrogens is 1. The van der Waals surface area contributed by atoms with Gasteiger partial charge in [0.1, 0.15) is 5.69 Å². The Balaban J connectivity index is 2.18. The molecule has 0 fully saturated rings. The van der Waals surface area contributed by atoms with Crippen molar-refractivity contribution in [3.8, 4) is 0 Å². The molecule has 5 nitrogen and oxygen atoms in total. The van der Waals surface area contributed by atoms with Crippen LogP contribution in [-0.4, -0.2) is 22.0 Å². The van der Waals surface area contributed by atoms with Gasteiger partial charge in [-0.2, -0.15) is 0 Å². The maximum absolute atomic E-state index is 12.1. The number of benzene rings is 1. The van der Waals surface area contributed by atoms with Gasteiger partial charge in [0.15, 0.2) is 0 Å². The summed E-state index contributed by atoms with van der Waals surface area (Å²) >= 11 is 5.75. The summed E-state index contributed by atoms with van der Waals surface area (Å²) in [5.74, 6) is -1.38. The summed E-state index contributed by atoms with van der Waals surface area (Å²) in [6, 6.07) is 8.27. The maximum atomic E-state index is 12.1. The lowest BCUT2D eigenvalue weighted by Gasteiger charge is -2.17. The van der Waals surface area contributed by atoms with E-state index in [4.69, 9.17) is 16.7 Å². The van der Waals surface area contributed by atoms with Crippen molar-refractivity contribution in [2.24, 2.45) is 0 Å². The van der Waals surface area contributed by atoms with Gasteiger partial charge in [-0.3, -0.25) is 9.59 Å². The Labute approximate surface area is 126 Å². The van der Waals surface area contributed by atoms with E-state index >= 15 is 0 Å². The van der Waals surface area contributed by atoms with Crippen molar-refractivity contribution in [3.63, 3.8) is 0 Å². The van der Waals surface area contributed by atoms with Crippen LogP contribution in [0.2, 0.25) is 5.02 Å². The van der Waals surface area contributed by atoms with E-state index in [1.54, 1.807) is 0 Å². The molecular formula is C15H15ClN2O3. The number of H-pyrrole nitrogens is 1. The molecule has 1 amide bonds. The van der Waals surface area contributed by atoms with Gasteiger partial charge in [0.2, 0.25) is 0 Å². The largest absolute Gasteiger partial charge is 0.481 e. The molecule has 0 unspecified atom stereocenters. The zero-order valence-electron chi connectivity index (χ0n) is 11.4.